The molecule has 2 aromatic heterocycles. The Balaban J connectivity index is 2.15. The van der Waals surface area contributed by atoms with Crippen molar-refractivity contribution in [2.24, 2.45) is 7.05 Å². The van der Waals surface area contributed by atoms with Crippen LogP contribution < -0.4 is 5.32 Å². The second kappa shape index (κ2) is 6.04. The van der Waals surface area contributed by atoms with Crippen LogP contribution in [0.5, 0.6) is 0 Å². The third kappa shape index (κ3) is 3.26. The van der Waals surface area contributed by atoms with Crippen molar-refractivity contribution in [2.75, 3.05) is 14.1 Å². The third-order valence-corrected chi connectivity index (χ3v) is 6.11. The molecule has 0 bridgehead atoms. The normalized spacial score (nSPS) is 12.2. The van der Waals surface area contributed by atoms with Crippen molar-refractivity contribution in [1.82, 2.24) is 19.4 Å². The van der Waals surface area contributed by atoms with Gasteiger partial charge in [-0.05, 0) is 24.1 Å². The molecule has 0 amide bonds. The van der Waals surface area contributed by atoms with Gasteiger partial charge in [0.15, 0.2) is 0 Å². The number of nitrogens with one attached hydrogen (secondary N) is 1. The molecule has 0 aliphatic carbocycles. The second-order valence-electron chi connectivity index (χ2n) is 4.59. The van der Waals surface area contributed by atoms with E-state index in [1.54, 1.807) is 31.0 Å². The Hall–Kier alpha value is -1.22. The van der Waals surface area contributed by atoms with Gasteiger partial charge < -0.3 is 5.32 Å². The highest BCUT2D eigenvalue weighted by atomic mass is 32.2. The van der Waals surface area contributed by atoms with Crippen LogP contribution in [0.15, 0.2) is 28.0 Å². The molecule has 0 spiro atoms. The van der Waals surface area contributed by atoms with Crippen LogP contribution in [0, 0.1) is 0 Å². The first kappa shape index (κ1) is 15.2. The standard InChI is InChI=1S/C12H18N4O2S2/c1-13-5-10-4-12(19-9-10)20(17,18)16(3)8-11-6-14-15(2)7-11/h4,6-7,9,13H,5,8H2,1-3H3. The third-order valence-electron chi connectivity index (χ3n) is 2.84. The van der Waals surface area contributed by atoms with Gasteiger partial charge in [-0.15, -0.1) is 11.3 Å². The summed E-state index contributed by atoms with van der Waals surface area (Å²) in [7, 11) is 1.79. The Kier molecular flexibility index (Phi) is 4.59. The topological polar surface area (TPSA) is 67.2 Å². The number of nitrogens with zero attached hydrogens (tertiary/aromatic N) is 3. The lowest BCUT2D eigenvalue weighted by Crippen LogP contribution is -2.25. The Morgan fingerprint density at radius 2 is 2.20 bits per heavy atom. The molecule has 0 saturated heterocycles. The van der Waals surface area contributed by atoms with Gasteiger partial charge in [0.2, 0.25) is 0 Å². The maximum atomic E-state index is 12.4. The minimum absolute atomic E-state index is 0.315. The van der Waals surface area contributed by atoms with E-state index in [2.05, 4.69) is 10.4 Å². The fraction of sp³-hybridized carbons (Fsp3) is 0.417. The quantitative estimate of drug-likeness (QED) is 0.864. The SMILES string of the molecule is CNCc1csc(S(=O)(=O)N(C)Cc2cnn(C)c2)c1. The summed E-state index contributed by atoms with van der Waals surface area (Å²) in [5.41, 5.74) is 1.84. The van der Waals surface area contributed by atoms with Gasteiger partial charge in [0.05, 0.1) is 6.20 Å². The first-order valence-electron chi connectivity index (χ1n) is 6.09. The molecule has 20 heavy (non-hydrogen) atoms. The highest BCUT2D eigenvalue weighted by Gasteiger charge is 2.23. The summed E-state index contributed by atoms with van der Waals surface area (Å²) in [6, 6.07) is 1.72. The highest BCUT2D eigenvalue weighted by Crippen LogP contribution is 2.24. The largest absolute Gasteiger partial charge is 0.316 e. The average molecular weight is 314 g/mol. The minimum Gasteiger partial charge on any atom is -0.316 e. The van der Waals surface area contributed by atoms with E-state index in [0.29, 0.717) is 17.3 Å². The summed E-state index contributed by atoms with van der Waals surface area (Å²) in [5, 5.41) is 8.91. The van der Waals surface area contributed by atoms with Crippen LogP contribution in [-0.4, -0.2) is 36.6 Å². The van der Waals surface area contributed by atoms with Crippen molar-refractivity contribution in [3.05, 3.63) is 35.0 Å². The van der Waals surface area contributed by atoms with E-state index >= 15 is 0 Å². The predicted molar refractivity (Wildman–Crippen MR) is 78.9 cm³/mol. The fourth-order valence-corrected chi connectivity index (χ4v) is 4.41. The number of aromatic nitrogens is 2. The maximum Gasteiger partial charge on any atom is 0.252 e. The van der Waals surface area contributed by atoms with E-state index in [1.165, 1.54) is 15.6 Å². The molecule has 2 rings (SSSR count). The molecule has 0 aliphatic rings. The number of hydrogen-bond donors (Lipinski definition) is 1. The molecule has 0 atom stereocenters. The van der Waals surface area contributed by atoms with Crippen LogP contribution in [-0.2, 0) is 30.2 Å². The van der Waals surface area contributed by atoms with Crippen molar-refractivity contribution in [3.63, 3.8) is 0 Å². The van der Waals surface area contributed by atoms with Crippen LogP contribution in [0.25, 0.3) is 0 Å². The van der Waals surface area contributed by atoms with Crippen molar-refractivity contribution < 1.29 is 8.42 Å². The van der Waals surface area contributed by atoms with E-state index in [9.17, 15) is 8.42 Å². The van der Waals surface area contributed by atoms with Gasteiger partial charge in [-0.2, -0.15) is 9.40 Å². The summed E-state index contributed by atoms with van der Waals surface area (Å²) in [5.74, 6) is 0. The molecule has 8 heteroatoms. The zero-order chi connectivity index (χ0) is 14.8. The van der Waals surface area contributed by atoms with E-state index in [1.807, 2.05) is 18.6 Å². The number of hydrogen-bond acceptors (Lipinski definition) is 5. The number of rotatable bonds is 6. The maximum absolute atomic E-state index is 12.4. The molecule has 6 nitrogen and oxygen atoms in total. The molecule has 2 aromatic rings. The number of aryl methyl sites for hydroxylation is 1. The zero-order valence-electron chi connectivity index (χ0n) is 11.7. The summed E-state index contributed by atoms with van der Waals surface area (Å²) in [6.45, 7) is 0.980. The lowest BCUT2D eigenvalue weighted by atomic mass is 10.3. The molecule has 0 unspecified atom stereocenters. The number of sulfonamides is 1. The molecular weight excluding hydrogens is 296 g/mol. The lowest BCUT2D eigenvalue weighted by Gasteiger charge is -2.14. The first-order valence-corrected chi connectivity index (χ1v) is 8.41. The smallest absolute Gasteiger partial charge is 0.252 e. The summed E-state index contributed by atoms with van der Waals surface area (Å²) in [6.07, 6.45) is 3.49. The Morgan fingerprint density at radius 3 is 2.80 bits per heavy atom. The summed E-state index contributed by atoms with van der Waals surface area (Å²) in [4.78, 5) is 0. The van der Waals surface area contributed by atoms with Gasteiger partial charge >= 0.3 is 0 Å². The molecule has 110 valence electrons. The van der Waals surface area contributed by atoms with Gasteiger partial charge in [0.25, 0.3) is 10.0 Å². The fourth-order valence-electron chi connectivity index (χ4n) is 1.83. The second-order valence-corrected chi connectivity index (χ2v) is 7.77. The summed E-state index contributed by atoms with van der Waals surface area (Å²) >= 11 is 1.25. The van der Waals surface area contributed by atoms with E-state index in [-0.39, 0.29) is 0 Å². The molecule has 0 fully saturated rings. The molecule has 1 N–H and O–H groups in total. The van der Waals surface area contributed by atoms with Crippen molar-refractivity contribution in [1.29, 1.82) is 0 Å². The molecule has 0 aromatic carbocycles. The molecule has 2 heterocycles. The van der Waals surface area contributed by atoms with Gasteiger partial charge in [0.1, 0.15) is 4.21 Å². The Morgan fingerprint density at radius 1 is 1.45 bits per heavy atom. The predicted octanol–water partition coefficient (Wildman–Crippen LogP) is 1.02. The van der Waals surface area contributed by atoms with E-state index < -0.39 is 10.0 Å². The van der Waals surface area contributed by atoms with Crippen LogP contribution in [0.2, 0.25) is 0 Å². The first-order chi connectivity index (χ1) is 9.43. The van der Waals surface area contributed by atoms with Crippen LogP contribution in [0.4, 0.5) is 0 Å². The van der Waals surface area contributed by atoms with Gasteiger partial charge in [0, 0.05) is 38.9 Å². The van der Waals surface area contributed by atoms with E-state index in [4.69, 9.17) is 0 Å². The molecule has 0 saturated carbocycles. The zero-order valence-corrected chi connectivity index (χ0v) is 13.3. The molecule has 0 aliphatic heterocycles. The highest BCUT2D eigenvalue weighted by molar-refractivity contribution is 7.91. The van der Waals surface area contributed by atoms with Crippen LogP contribution in [0.3, 0.4) is 0 Å². The van der Waals surface area contributed by atoms with Gasteiger partial charge in [-0.3, -0.25) is 4.68 Å². The summed E-state index contributed by atoms with van der Waals surface area (Å²) < 4.78 is 28.3. The minimum atomic E-state index is -3.44. The molecular formula is C12H18N4O2S2. The Bertz CT molecular complexity index is 675. The number of thiophene rings is 1. The van der Waals surface area contributed by atoms with Gasteiger partial charge in [-0.1, -0.05) is 0 Å². The average Bonchev–Trinajstić information content (AvgIpc) is 2.99. The van der Waals surface area contributed by atoms with E-state index in [0.717, 1.165) is 11.1 Å². The van der Waals surface area contributed by atoms with Gasteiger partial charge in [-0.25, -0.2) is 8.42 Å². The van der Waals surface area contributed by atoms with Crippen molar-refractivity contribution in [3.8, 4) is 0 Å². The van der Waals surface area contributed by atoms with Crippen LogP contribution >= 0.6 is 11.3 Å². The van der Waals surface area contributed by atoms with Crippen LogP contribution in [0.1, 0.15) is 11.1 Å². The monoisotopic (exact) mass is 314 g/mol. The van der Waals surface area contributed by atoms with Crippen molar-refractivity contribution >= 4 is 21.4 Å². The molecule has 0 radical (unpaired) electrons. The lowest BCUT2D eigenvalue weighted by molar-refractivity contribution is 0.468. The van der Waals surface area contributed by atoms with Crippen molar-refractivity contribution in [2.45, 2.75) is 17.3 Å². The Labute approximate surface area is 123 Å².